The first-order chi connectivity index (χ1) is 10.2. The van der Waals surface area contributed by atoms with Gasteiger partial charge in [0.05, 0.1) is 5.41 Å². The van der Waals surface area contributed by atoms with Crippen LogP contribution in [0.5, 0.6) is 0 Å². The molecule has 0 bridgehead atoms. The lowest BCUT2D eigenvalue weighted by molar-refractivity contribution is -0.146. The highest BCUT2D eigenvalue weighted by molar-refractivity contribution is 5.83. The van der Waals surface area contributed by atoms with Crippen molar-refractivity contribution in [3.63, 3.8) is 0 Å². The maximum Gasteiger partial charge on any atom is 0.314 e. The Hall–Kier alpha value is -2.09. The Balaban J connectivity index is 2.14. The molecular weight excluding hydrogens is 260 g/mol. The maximum absolute atomic E-state index is 12.3. The lowest BCUT2D eigenvalue weighted by atomic mass is 9.60. The molecule has 0 amide bonds. The fourth-order valence-electron chi connectivity index (χ4n) is 3.77. The van der Waals surface area contributed by atoms with E-state index in [1.54, 1.807) is 0 Å². The second-order valence-electron chi connectivity index (χ2n) is 5.85. The molecule has 0 radical (unpaired) electrons. The topological polar surface area (TPSA) is 37.3 Å². The minimum absolute atomic E-state index is 0.0485. The van der Waals surface area contributed by atoms with E-state index in [1.807, 2.05) is 48.5 Å². The van der Waals surface area contributed by atoms with Crippen molar-refractivity contribution < 1.29 is 9.90 Å². The monoisotopic (exact) mass is 280 g/mol. The summed E-state index contributed by atoms with van der Waals surface area (Å²) in [6, 6.07) is 19.9. The van der Waals surface area contributed by atoms with Gasteiger partial charge in [0.15, 0.2) is 0 Å². The average molecular weight is 280 g/mol. The number of benzene rings is 2. The highest BCUT2D eigenvalue weighted by Crippen LogP contribution is 2.49. The molecule has 108 valence electrons. The van der Waals surface area contributed by atoms with Crippen molar-refractivity contribution in [2.75, 3.05) is 0 Å². The summed E-state index contributed by atoms with van der Waals surface area (Å²) >= 11 is 0. The van der Waals surface area contributed by atoms with E-state index in [0.29, 0.717) is 6.42 Å². The first-order valence-corrected chi connectivity index (χ1v) is 7.59. The normalized spacial score (nSPS) is 25.4. The standard InChI is InChI=1S/C19H20O2/c20-18(21)19(16-11-5-2-6-12-16)14-8-7-13-17(19)15-9-3-1-4-10-15/h1-6,9-12,17H,7-8,13-14H2,(H,20,21). The van der Waals surface area contributed by atoms with Gasteiger partial charge in [-0.3, -0.25) is 4.79 Å². The Bertz CT molecular complexity index is 606. The van der Waals surface area contributed by atoms with Gasteiger partial charge in [-0.05, 0) is 24.0 Å². The SMILES string of the molecule is O=C(O)C1(c2ccccc2)CCCCC1c1ccccc1. The maximum atomic E-state index is 12.3. The summed E-state index contributed by atoms with van der Waals surface area (Å²) in [6.45, 7) is 0. The van der Waals surface area contributed by atoms with Gasteiger partial charge in [0.1, 0.15) is 0 Å². The third-order valence-corrected chi connectivity index (χ3v) is 4.78. The molecule has 2 unspecified atom stereocenters. The Kier molecular flexibility index (Phi) is 3.78. The number of aliphatic carboxylic acids is 1. The van der Waals surface area contributed by atoms with Gasteiger partial charge < -0.3 is 5.11 Å². The Labute approximate surface area is 125 Å². The van der Waals surface area contributed by atoms with Crippen molar-refractivity contribution in [1.82, 2.24) is 0 Å². The molecule has 0 aromatic heterocycles. The van der Waals surface area contributed by atoms with Crippen LogP contribution in [-0.2, 0) is 10.2 Å². The lowest BCUT2D eigenvalue weighted by Gasteiger charge is -2.41. The van der Waals surface area contributed by atoms with Gasteiger partial charge in [-0.1, -0.05) is 73.5 Å². The quantitative estimate of drug-likeness (QED) is 0.906. The zero-order valence-corrected chi connectivity index (χ0v) is 12.0. The molecule has 2 heteroatoms. The molecule has 2 aromatic rings. The fraction of sp³-hybridized carbons (Fsp3) is 0.316. The predicted octanol–water partition coefficient (Wildman–Crippen LogP) is 4.37. The van der Waals surface area contributed by atoms with Crippen LogP contribution in [0.4, 0.5) is 0 Å². The second-order valence-corrected chi connectivity index (χ2v) is 5.85. The summed E-state index contributed by atoms with van der Waals surface area (Å²) < 4.78 is 0. The van der Waals surface area contributed by atoms with Gasteiger partial charge in [0, 0.05) is 5.92 Å². The molecule has 1 fully saturated rings. The number of carboxylic acids is 1. The summed E-state index contributed by atoms with van der Waals surface area (Å²) in [4.78, 5) is 12.3. The van der Waals surface area contributed by atoms with Crippen molar-refractivity contribution in [2.24, 2.45) is 0 Å². The summed E-state index contributed by atoms with van der Waals surface area (Å²) in [5.74, 6) is -0.644. The first-order valence-electron chi connectivity index (χ1n) is 7.59. The van der Waals surface area contributed by atoms with E-state index < -0.39 is 11.4 Å². The van der Waals surface area contributed by atoms with Crippen LogP contribution >= 0.6 is 0 Å². The van der Waals surface area contributed by atoms with E-state index >= 15 is 0 Å². The molecule has 0 heterocycles. The van der Waals surface area contributed by atoms with E-state index in [1.165, 1.54) is 0 Å². The third kappa shape index (κ3) is 2.35. The molecule has 1 aliphatic carbocycles. The van der Waals surface area contributed by atoms with Crippen molar-refractivity contribution in [1.29, 1.82) is 0 Å². The number of carboxylic acid groups (broad SMARTS) is 1. The summed E-state index contributed by atoms with van der Waals surface area (Å²) in [6.07, 6.45) is 3.73. The van der Waals surface area contributed by atoms with E-state index in [-0.39, 0.29) is 5.92 Å². The van der Waals surface area contributed by atoms with Crippen LogP contribution < -0.4 is 0 Å². The number of carbonyl (C=O) groups is 1. The Morgan fingerprint density at radius 2 is 1.57 bits per heavy atom. The Morgan fingerprint density at radius 3 is 2.19 bits per heavy atom. The molecule has 1 N–H and O–H groups in total. The molecule has 1 aliphatic rings. The molecule has 3 rings (SSSR count). The van der Waals surface area contributed by atoms with Crippen LogP contribution in [0.25, 0.3) is 0 Å². The van der Waals surface area contributed by atoms with Crippen LogP contribution in [0, 0.1) is 0 Å². The highest BCUT2D eigenvalue weighted by Gasteiger charge is 2.49. The molecule has 2 aromatic carbocycles. The van der Waals surface area contributed by atoms with Crippen molar-refractivity contribution in [3.8, 4) is 0 Å². The lowest BCUT2D eigenvalue weighted by Crippen LogP contribution is -2.44. The molecule has 0 aliphatic heterocycles. The summed E-state index contributed by atoms with van der Waals surface area (Å²) in [7, 11) is 0. The van der Waals surface area contributed by atoms with Crippen molar-refractivity contribution >= 4 is 5.97 Å². The van der Waals surface area contributed by atoms with Crippen LogP contribution in [-0.4, -0.2) is 11.1 Å². The van der Waals surface area contributed by atoms with Gasteiger partial charge >= 0.3 is 5.97 Å². The Morgan fingerprint density at radius 1 is 0.952 bits per heavy atom. The van der Waals surface area contributed by atoms with E-state index in [2.05, 4.69) is 12.1 Å². The first kappa shape index (κ1) is 13.9. The van der Waals surface area contributed by atoms with Crippen LogP contribution in [0.2, 0.25) is 0 Å². The minimum Gasteiger partial charge on any atom is -0.481 e. The second kappa shape index (κ2) is 5.72. The molecule has 1 saturated carbocycles. The summed E-state index contributed by atoms with van der Waals surface area (Å²) in [5.41, 5.74) is 1.29. The third-order valence-electron chi connectivity index (χ3n) is 4.78. The molecule has 2 atom stereocenters. The molecule has 21 heavy (non-hydrogen) atoms. The van der Waals surface area contributed by atoms with Gasteiger partial charge in [0.25, 0.3) is 0 Å². The zero-order valence-electron chi connectivity index (χ0n) is 12.0. The largest absolute Gasteiger partial charge is 0.481 e. The number of rotatable bonds is 3. The van der Waals surface area contributed by atoms with Gasteiger partial charge in [0.2, 0.25) is 0 Å². The fourth-order valence-corrected chi connectivity index (χ4v) is 3.77. The van der Waals surface area contributed by atoms with Crippen molar-refractivity contribution in [3.05, 3.63) is 71.8 Å². The molecule has 0 spiro atoms. The van der Waals surface area contributed by atoms with E-state index in [4.69, 9.17) is 0 Å². The smallest absolute Gasteiger partial charge is 0.314 e. The van der Waals surface area contributed by atoms with Crippen molar-refractivity contribution in [2.45, 2.75) is 37.0 Å². The zero-order chi connectivity index (χ0) is 14.7. The van der Waals surface area contributed by atoms with Crippen LogP contribution in [0.3, 0.4) is 0 Å². The van der Waals surface area contributed by atoms with Crippen LogP contribution in [0.1, 0.15) is 42.7 Å². The molecule has 0 saturated heterocycles. The van der Waals surface area contributed by atoms with E-state index in [9.17, 15) is 9.90 Å². The number of hydrogen-bond donors (Lipinski definition) is 1. The number of hydrogen-bond acceptors (Lipinski definition) is 1. The minimum atomic E-state index is -0.791. The van der Waals surface area contributed by atoms with Crippen LogP contribution in [0.15, 0.2) is 60.7 Å². The van der Waals surface area contributed by atoms with Gasteiger partial charge in [-0.15, -0.1) is 0 Å². The van der Waals surface area contributed by atoms with Gasteiger partial charge in [-0.2, -0.15) is 0 Å². The highest BCUT2D eigenvalue weighted by atomic mass is 16.4. The molecule has 2 nitrogen and oxygen atoms in total. The average Bonchev–Trinajstić information content (AvgIpc) is 2.56. The predicted molar refractivity (Wildman–Crippen MR) is 83.4 cm³/mol. The van der Waals surface area contributed by atoms with Gasteiger partial charge in [-0.25, -0.2) is 0 Å². The molecular formula is C19H20O2. The summed E-state index contributed by atoms with van der Waals surface area (Å²) in [5, 5.41) is 10.1. The van der Waals surface area contributed by atoms with E-state index in [0.717, 1.165) is 30.4 Å².